The summed E-state index contributed by atoms with van der Waals surface area (Å²) in [5, 5.41) is 0. The van der Waals surface area contributed by atoms with Gasteiger partial charge in [-0.15, -0.1) is 6.58 Å². The molecule has 0 bridgehead atoms. The maximum Gasteiger partial charge on any atom is -0.0142 e. The molecular weight excluding hydrogens is 132 g/mol. The highest BCUT2D eigenvalue weighted by atomic mass is 14.0. The second-order valence-corrected chi connectivity index (χ2v) is 2.55. The van der Waals surface area contributed by atoms with Gasteiger partial charge in [-0.3, -0.25) is 0 Å². The van der Waals surface area contributed by atoms with E-state index in [4.69, 9.17) is 0 Å². The van der Waals surface area contributed by atoms with Gasteiger partial charge in [-0.1, -0.05) is 29.9 Å². The molecule has 0 radical (unpaired) electrons. The van der Waals surface area contributed by atoms with Crippen LogP contribution >= 0.6 is 0 Å². The van der Waals surface area contributed by atoms with E-state index >= 15 is 0 Å². The Kier molecular flexibility index (Phi) is 6.81. The van der Waals surface area contributed by atoms with Crippen molar-refractivity contribution in [3.05, 3.63) is 36.5 Å². The van der Waals surface area contributed by atoms with E-state index in [1.807, 2.05) is 6.08 Å². The topological polar surface area (TPSA) is 0 Å². The van der Waals surface area contributed by atoms with E-state index in [1.165, 1.54) is 12.0 Å². The van der Waals surface area contributed by atoms with Crippen molar-refractivity contribution < 1.29 is 0 Å². The maximum absolute atomic E-state index is 3.72. The van der Waals surface area contributed by atoms with Gasteiger partial charge in [0.25, 0.3) is 0 Å². The van der Waals surface area contributed by atoms with Crippen molar-refractivity contribution in [2.45, 2.75) is 33.1 Å². The summed E-state index contributed by atoms with van der Waals surface area (Å²) in [5.41, 5.74) is 1.48. The van der Waals surface area contributed by atoms with Crippen molar-refractivity contribution in [1.82, 2.24) is 0 Å². The van der Waals surface area contributed by atoms with Crippen LogP contribution in [0.4, 0.5) is 0 Å². The minimum atomic E-state index is 1.04. The Balaban J connectivity index is 3.61. The van der Waals surface area contributed by atoms with Gasteiger partial charge in [0.1, 0.15) is 0 Å². The molecule has 0 heterocycles. The van der Waals surface area contributed by atoms with E-state index in [2.05, 4.69) is 38.7 Å². The molecule has 0 aromatic carbocycles. The Morgan fingerprint density at radius 2 is 2.09 bits per heavy atom. The van der Waals surface area contributed by atoms with Crippen molar-refractivity contribution in [2.75, 3.05) is 0 Å². The summed E-state index contributed by atoms with van der Waals surface area (Å²) < 4.78 is 0. The smallest absolute Gasteiger partial charge is 0.0142 e. The average molecular weight is 150 g/mol. The predicted molar refractivity (Wildman–Crippen MR) is 52.6 cm³/mol. The number of hydrogen-bond acceptors (Lipinski definition) is 0. The van der Waals surface area contributed by atoms with Gasteiger partial charge in [0.05, 0.1) is 0 Å². The molecule has 0 nitrogen and oxygen atoms in total. The van der Waals surface area contributed by atoms with Crippen LogP contribution in [0.15, 0.2) is 36.5 Å². The molecule has 0 rings (SSSR count). The second kappa shape index (κ2) is 7.33. The molecule has 0 saturated heterocycles. The van der Waals surface area contributed by atoms with Crippen LogP contribution in [-0.4, -0.2) is 0 Å². The molecular formula is C11H18. The van der Waals surface area contributed by atoms with Gasteiger partial charge in [0, 0.05) is 0 Å². The van der Waals surface area contributed by atoms with Crippen LogP contribution in [0.25, 0.3) is 0 Å². The standard InChI is InChI=1S/C11H18/c1-4-7-8-10-11(6-3)9-5-2/h4-7H,2,8-10H2,1,3H3/b7-4-,11-6+. The summed E-state index contributed by atoms with van der Waals surface area (Å²) in [6.07, 6.45) is 11.8. The van der Waals surface area contributed by atoms with E-state index in [0.717, 1.165) is 12.8 Å². The molecule has 0 aromatic heterocycles. The van der Waals surface area contributed by atoms with E-state index in [0.29, 0.717) is 0 Å². The molecule has 0 aromatic rings. The van der Waals surface area contributed by atoms with E-state index in [-0.39, 0.29) is 0 Å². The van der Waals surface area contributed by atoms with Crippen molar-refractivity contribution in [2.24, 2.45) is 0 Å². The third kappa shape index (κ3) is 5.65. The van der Waals surface area contributed by atoms with Crippen molar-refractivity contribution in [1.29, 1.82) is 0 Å². The fourth-order valence-corrected chi connectivity index (χ4v) is 0.985. The summed E-state index contributed by atoms with van der Waals surface area (Å²) in [6.45, 7) is 7.87. The fraction of sp³-hybridized carbons (Fsp3) is 0.455. The van der Waals surface area contributed by atoms with Crippen LogP contribution in [0.2, 0.25) is 0 Å². The molecule has 0 atom stereocenters. The van der Waals surface area contributed by atoms with Gasteiger partial charge in [0.2, 0.25) is 0 Å². The highest BCUT2D eigenvalue weighted by Crippen LogP contribution is 2.10. The Labute approximate surface area is 70.3 Å². The zero-order chi connectivity index (χ0) is 8.53. The maximum atomic E-state index is 3.72. The van der Waals surface area contributed by atoms with Gasteiger partial charge in [-0.2, -0.15) is 0 Å². The van der Waals surface area contributed by atoms with Crippen LogP contribution in [0, 0.1) is 0 Å². The lowest BCUT2D eigenvalue weighted by Crippen LogP contribution is -1.79. The molecule has 0 saturated carbocycles. The molecule has 62 valence electrons. The number of rotatable bonds is 5. The Morgan fingerprint density at radius 3 is 2.55 bits per heavy atom. The molecule has 0 heteroatoms. The summed E-state index contributed by atoms with van der Waals surface area (Å²) >= 11 is 0. The molecule has 0 unspecified atom stereocenters. The normalized spacial score (nSPS) is 12.4. The largest absolute Gasteiger partial charge is 0.103 e. The number of hydrogen-bond donors (Lipinski definition) is 0. The molecule has 0 aliphatic heterocycles. The predicted octanol–water partition coefficient (Wildman–Crippen LogP) is 3.87. The van der Waals surface area contributed by atoms with Crippen LogP contribution in [-0.2, 0) is 0 Å². The molecule has 0 N–H and O–H groups in total. The Bertz CT molecular complexity index is 149. The summed E-state index contributed by atoms with van der Waals surface area (Å²) in [4.78, 5) is 0. The highest BCUT2D eigenvalue weighted by molar-refractivity contribution is 5.05. The SMILES string of the molecule is C=CC/C(=C\C)CC/C=C\C. The lowest BCUT2D eigenvalue weighted by atomic mass is 10.1. The number of allylic oxidation sites excluding steroid dienone is 5. The molecule has 0 spiro atoms. The zero-order valence-corrected chi connectivity index (χ0v) is 7.64. The Morgan fingerprint density at radius 1 is 1.36 bits per heavy atom. The van der Waals surface area contributed by atoms with Gasteiger partial charge < -0.3 is 0 Å². The molecule has 0 amide bonds. The molecule has 0 fully saturated rings. The first-order valence-electron chi connectivity index (χ1n) is 4.21. The minimum absolute atomic E-state index is 1.04. The van der Waals surface area contributed by atoms with Crippen LogP contribution in [0.5, 0.6) is 0 Å². The third-order valence-corrected chi connectivity index (χ3v) is 1.68. The minimum Gasteiger partial charge on any atom is -0.103 e. The van der Waals surface area contributed by atoms with E-state index in [1.54, 1.807) is 0 Å². The zero-order valence-electron chi connectivity index (χ0n) is 7.64. The molecule has 0 aliphatic carbocycles. The van der Waals surface area contributed by atoms with Crippen molar-refractivity contribution in [3.63, 3.8) is 0 Å². The van der Waals surface area contributed by atoms with Gasteiger partial charge in [-0.25, -0.2) is 0 Å². The van der Waals surface area contributed by atoms with Gasteiger partial charge in [0.15, 0.2) is 0 Å². The third-order valence-electron chi connectivity index (χ3n) is 1.68. The summed E-state index contributed by atoms with van der Waals surface area (Å²) in [5.74, 6) is 0. The van der Waals surface area contributed by atoms with Crippen LogP contribution in [0.1, 0.15) is 33.1 Å². The second-order valence-electron chi connectivity index (χ2n) is 2.55. The fourth-order valence-electron chi connectivity index (χ4n) is 0.985. The first-order chi connectivity index (χ1) is 5.35. The summed E-state index contributed by atoms with van der Waals surface area (Å²) in [7, 11) is 0. The quantitative estimate of drug-likeness (QED) is 0.522. The molecule has 11 heavy (non-hydrogen) atoms. The average Bonchev–Trinajstić information content (AvgIpc) is 2.03. The summed E-state index contributed by atoms with van der Waals surface area (Å²) in [6, 6.07) is 0. The monoisotopic (exact) mass is 150 g/mol. The van der Waals surface area contributed by atoms with E-state index < -0.39 is 0 Å². The van der Waals surface area contributed by atoms with Crippen LogP contribution < -0.4 is 0 Å². The lowest BCUT2D eigenvalue weighted by molar-refractivity contribution is 0.935. The lowest BCUT2D eigenvalue weighted by Gasteiger charge is -1.99. The molecule has 0 aliphatic rings. The van der Waals surface area contributed by atoms with Crippen molar-refractivity contribution >= 4 is 0 Å². The first kappa shape index (κ1) is 10.2. The van der Waals surface area contributed by atoms with E-state index in [9.17, 15) is 0 Å². The van der Waals surface area contributed by atoms with Crippen LogP contribution in [0.3, 0.4) is 0 Å². The Hall–Kier alpha value is -0.780. The van der Waals surface area contributed by atoms with Crippen molar-refractivity contribution in [3.8, 4) is 0 Å². The highest BCUT2D eigenvalue weighted by Gasteiger charge is 1.90. The van der Waals surface area contributed by atoms with Gasteiger partial charge >= 0.3 is 0 Å². The first-order valence-corrected chi connectivity index (χ1v) is 4.21. The van der Waals surface area contributed by atoms with Gasteiger partial charge in [-0.05, 0) is 33.1 Å².